The maximum atomic E-state index is 13.1. The number of amides is 2. The van der Waals surface area contributed by atoms with E-state index in [0.717, 1.165) is 19.5 Å². The summed E-state index contributed by atoms with van der Waals surface area (Å²) >= 11 is 0. The topological polar surface area (TPSA) is 79.9 Å². The van der Waals surface area contributed by atoms with Crippen molar-refractivity contribution >= 4 is 17.5 Å². The van der Waals surface area contributed by atoms with Crippen LogP contribution in [-0.2, 0) is 4.79 Å². The van der Waals surface area contributed by atoms with Crippen molar-refractivity contribution in [2.45, 2.75) is 33.2 Å². The molecule has 2 rings (SSSR count). The van der Waals surface area contributed by atoms with Gasteiger partial charge in [-0.2, -0.15) is 0 Å². The molecule has 144 valence electrons. The summed E-state index contributed by atoms with van der Waals surface area (Å²) < 4.78 is 10.7. The molecular weight excluding hydrogens is 334 g/mol. The molecule has 0 aliphatic carbocycles. The van der Waals surface area contributed by atoms with E-state index in [0.29, 0.717) is 22.7 Å². The Morgan fingerprint density at radius 3 is 2.31 bits per heavy atom. The van der Waals surface area contributed by atoms with Crippen LogP contribution in [0.15, 0.2) is 12.1 Å². The Bertz CT molecular complexity index is 676. The lowest BCUT2D eigenvalue weighted by atomic mass is 9.95. The fourth-order valence-corrected chi connectivity index (χ4v) is 2.79. The van der Waals surface area contributed by atoms with Gasteiger partial charge < -0.3 is 25.0 Å². The molecule has 0 aromatic heterocycles. The number of hydrogen-bond donors (Lipinski definition) is 2. The van der Waals surface area contributed by atoms with Crippen LogP contribution in [0.25, 0.3) is 0 Å². The monoisotopic (exact) mass is 363 g/mol. The SMILES string of the molecule is COc1cc(NC(=O)C(C)(C)C)c(C(=O)N(C)C2CCNC2)cc1OC. The second kappa shape index (κ2) is 7.95. The first-order chi connectivity index (χ1) is 12.2. The predicted molar refractivity (Wildman–Crippen MR) is 101 cm³/mol. The van der Waals surface area contributed by atoms with E-state index in [2.05, 4.69) is 10.6 Å². The highest BCUT2D eigenvalue weighted by Gasteiger charge is 2.29. The molecule has 1 heterocycles. The zero-order valence-electron chi connectivity index (χ0n) is 16.4. The fourth-order valence-electron chi connectivity index (χ4n) is 2.79. The van der Waals surface area contributed by atoms with E-state index in [1.165, 1.54) is 14.2 Å². The van der Waals surface area contributed by atoms with Crippen LogP contribution >= 0.6 is 0 Å². The minimum Gasteiger partial charge on any atom is -0.493 e. The highest BCUT2D eigenvalue weighted by atomic mass is 16.5. The lowest BCUT2D eigenvalue weighted by molar-refractivity contribution is -0.123. The molecule has 1 aliphatic rings. The lowest BCUT2D eigenvalue weighted by Gasteiger charge is -2.26. The molecule has 7 nitrogen and oxygen atoms in total. The Morgan fingerprint density at radius 1 is 1.19 bits per heavy atom. The quantitative estimate of drug-likeness (QED) is 0.838. The molecule has 26 heavy (non-hydrogen) atoms. The molecule has 0 bridgehead atoms. The van der Waals surface area contributed by atoms with Gasteiger partial charge in [0.2, 0.25) is 5.91 Å². The number of ether oxygens (including phenoxy) is 2. The minimum absolute atomic E-state index is 0.127. The number of likely N-dealkylation sites (N-methyl/N-ethyl adjacent to an activating group) is 1. The molecule has 1 unspecified atom stereocenters. The normalized spacial score (nSPS) is 16.9. The summed E-state index contributed by atoms with van der Waals surface area (Å²) in [5, 5.41) is 6.12. The molecule has 1 aromatic rings. The van der Waals surface area contributed by atoms with Gasteiger partial charge in [-0.15, -0.1) is 0 Å². The predicted octanol–water partition coefficient (Wildman–Crippen LogP) is 2.12. The van der Waals surface area contributed by atoms with E-state index in [-0.39, 0.29) is 17.9 Å². The second-order valence-corrected chi connectivity index (χ2v) is 7.52. The van der Waals surface area contributed by atoms with Gasteiger partial charge in [-0.25, -0.2) is 0 Å². The number of carbonyl (C=O) groups excluding carboxylic acids is 2. The van der Waals surface area contributed by atoms with Crippen molar-refractivity contribution in [1.29, 1.82) is 0 Å². The first kappa shape index (κ1) is 20.0. The van der Waals surface area contributed by atoms with E-state index in [1.807, 2.05) is 20.8 Å². The third-order valence-electron chi connectivity index (χ3n) is 4.59. The molecule has 1 saturated heterocycles. The Kier molecular flexibility index (Phi) is 6.13. The molecule has 0 saturated carbocycles. The number of methoxy groups -OCH3 is 2. The molecule has 2 amide bonds. The van der Waals surface area contributed by atoms with Gasteiger partial charge in [0.15, 0.2) is 11.5 Å². The van der Waals surface area contributed by atoms with Crippen molar-refractivity contribution in [2.24, 2.45) is 5.41 Å². The highest BCUT2D eigenvalue weighted by molar-refractivity contribution is 6.05. The molecular formula is C19H29N3O4. The van der Waals surface area contributed by atoms with Crippen molar-refractivity contribution in [1.82, 2.24) is 10.2 Å². The summed E-state index contributed by atoms with van der Waals surface area (Å²) in [5.41, 5.74) is 0.217. The summed E-state index contributed by atoms with van der Waals surface area (Å²) in [5.74, 6) is 0.564. The number of rotatable bonds is 5. The molecule has 0 radical (unpaired) electrons. The van der Waals surface area contributed by atoms with Gasteiger partial charge in [0, 0.05) is 31.1 Å². The standard InChI is InChI=1S/C19H29N3O4/c1-19(2,3)18(24)21-14-10-16(26-6)15(25-5)9-13(14)17(23)22(4)12-7-8-20-11-12/h9-10,12,20H,7-8,11H2,1-6H3,(H,21,24). The van der Waals surface area contributed by atoms with Crippen LogP contribution in [0.1, 0.15) is 37.6 Å². The molecule has 1 atom stereocenters. The second-order valence-electron chi connectivity index (χ2n) is 7.52. The fraction of sp³-hybridized carbons (Fsp3) is 0.579. The third kappa shape index (κ3) is 4.27. The van der Waals surface area contributed by atoms with E-state index in [9.17, 15) is 9.59 Å². The summed E-state index contributed by atoms with van der Waals surface area (Å²) in [6.07, 6.45) is 0.902. The van der Waals surface area contributed by atoms with Crippen molar-refractivity contribution in [3.8, 4) is 11.5 Å². The molecule has 0 spiro atoms. The van der Waals surface area contributed by atoms with Gasteiger partial charge >= 0.3 is 0 Å². The van der Waals surface area contributed by atoms with Crippen LogP contribution in [0, 0.1) is 5.41 Å². The van der Waals surface area contributed by atoms with E-state index < -0.39 is 5.41 Å². The molecule has 2 N–H and O–H groups in total. The van der Waals surface area contributed by atoms with E-state index in [1.54, 1.807) is 24.1 Å². The zero-order valence-corrected chi connectivity index (χ0v) is 16.4. The first-order valence-electron chi connectivity index (χ1n) is 8.74. The summed E-state index contributed by atoms with van der Waals surface area (Å²) in [7, 11) is 4.82. The number of benzene rings is 1. The summed E-state index contributed by atoms with van der Waals surface area (Å²) in [4.78, 5) is 27.3. The van der Waals surface area contributed by atoms with Crippen molar-refractivity contribution in [3.05, 3.63) is 17.7 Å². The average molecular weight is 363 g/mol. The van der Waals surface area contributed by atoms with Gasteiger partial charge in [0.1, 0.15) is 0 Å². The zero-order chi connectivity index (χ0) is 19.5. The number of nitrogens with zero attached hydrogens (tertiary/aromatic N) is 1. The molecule has 1 aliphatic heterocycles. The van der Waals surface area contributed by atoms with Gasteiger partial charge in [-0.1, -0.05) is 20.8 Å². The van der Waals surface area contributed by atoms with Crippen LogP contribution in [0.2, 0.25) is 0 Å². The number of carbonyl (C=O) groups is 2. The Hall–Kier alpha value is -2.28. The largest absolute Gasteiger partial charge is 0.493 e. The van der Waals surface area contributed by atoms with Crippen LogP contribution < -0.4 is 20.1 Å². The van der Waals surface area contributed by atoms with Crippen molar-refractivity contribution in [3.63, 3.8) is 0 Å². The van der Waals surface area contributed by atoms with Gasteiger partial charge in [-0.3, -0.25) is 9.59 Å². The maximum absolute atomic E-state index is 13.1. The number of anilines is 1. The Morgan fingerprint density at radius 2 is 1.81 bits per heavy atom. The van der Waals surface area contributed by atoms with Gasteiger partial charge in [0.25, 0.3) is 5.91 Å². The van der Waals surface area contributed by atoms with Gasteiger partial charge in [0.05, 0.1) is 25.5 Å². The third-order valence-corrected chi connectivity index (χ3v) is 4.59. The minimum atomic E-state index is -0.589. The Labute approximate surface area is 155 Å². The first-order valence-corrected chi connectivity index (χ1v) is 8.74. The van der Waals surface area contributed by atoms with Crippen molar-refractivity contribution in [2.75, 3.05) is 39.7 Å². The smallest absolute Gasteiger partial charge is 0.256 e. The molecule has 1 aromatic carbocycles. The van der Waals surface area contributed by atoms with Crippen molar-refractivity contribution < 1.29 is 19.1 Å². The molecule has 1 fully saturated rings. The van der Waals surface area contributed by atoms with Crippen LogP contribution in [0.3, 0.4) is 0 Å². The highest BCUT2D eigenvalue weighted by Crippen LogP contribution is 2.35. The van der Waals surface area contributed by atoms with Crippen LogP contribution in [0.4, 0.5) is 5.69 Å². The lowest BCUT2D eigenvalue weighted by Crippen LogP contribution is -2.39. The van der Waals surface area contributed by atoms with Gasteiger partial charge in [-0.05, 0) is 19.0 Å². The average Bonchev–Trinajstić information content (AvgIpc) is 3.13. The molecule has 7 heteroatoms. The van der Waals surface area contributed by atoms with Crippen LogP contribution in [0.5, 0.6) is 11.5 Å². The Balaban J connectivity index is 2.43. The van der Waals surface area contributed by atoms with E-state index in [4.69, 9.17) is 9.47 Å². The van der Waals surface area contributed by atoms with E-state index >= 15 is 0 Å². The summed E-state index contributed by atoms with van der Waals surface area (Å²) in [6.45, 7) is 7.11. The number of hydrogen-bond acceptors (Lipinski definition) is 5. The van der Waals surface area contributed by atoms with Crippen LogP contribution in [-0.4, -0.2) is 57.1 Å². The number of nitrogens with one attached hydrogen (secondary N) is 2. The summed E-state index contributed by atoms with van der Waals surface area (Å²) in [6, 6.07) is 3.39. The maximum Gasteiger partial charge on any atom is 0.256 e.